The lowest BCUT2D eigenvalue weighted by atomic mass is 10.1. The third kappa shape index (κ3) is 4.04. The highest BCUT2D eigenvalue weighted by Gasteiger charge is 2.13. The van der Waals surface area contributed by atoms with Crippen molar-refractivity contribution in [1.29, 1.82) is 0 Å². The highest BCUT2D eigenvalue weighted by atomic mass is 16.5. The van der Waals surface area contributed by atoms with Crippen molar-refractivity contribution >= 4 is 0 Å². The molecule has 0 spiro atoms. The summed E-state index contributed by atoms with van der Waals surface area (Å²) in [6.07, 6.45) is 0. The zero-order valence-corrected chi connectivity index (χ0v) is 11.7. The van der Waals surface area contributed by atoms with Gasteiger partial charge in [0.1, 0.15) is 12.4 Å². The van der Waals surface area contributed by atoms with Gasteiger partial charge in [0.2, 0.25) is 0 Å². The number of nitrogens with one attached hydrogen (secondary N) is 1. The van der Waals surface area contributed by atoms with Crippen molar-refractivity contribution in [2.45, 2.75) is 40.7 Å². The summed E-state index contributed by atoms with van der Waals surface area (Å²) in [5, 5.41) is 3.47. The molecule has 0 saturated carbocycles. The Kier molecular flexibility index (Phi) is 5.49. The molecule has 2 heteroatoms. The van der Waals surface area contributed by atoms with Crippen LogP contribution < -0.4 is 10.1 Å². The molecule has 0 bridgehead atoms. The number of likely N-dealkylation sites (N-methyl/N-ethyl adjacent to an activating group) is 1. The summed E-state index contributed by atoms with van der Waals surface area (Å²) >= 11 is 0. The zero-order valence-electron chi connectivity index (χ0n) is 11.7. The first kappa shape index (κ1) is 14.0. The van der Waals surface area contributed by atoms with Gasteiger partial charge in [-0.05, 0) is 37.4 Å². The van der Waals surface area contributed by atoms with Gasteiger partial charge in [-0.25, -0.2) is 0 Å². The number of hydrogen-bond donors (Lipinski definition) is 1. The average molecular weight is 235 g/mol. The Bertz CT molecular complexity index is 327. The van der Waals surface area contributed by atoms with E-state index in [-0.39, 0.29) is 0 Å². The Morgan fingerprint density at radius 1 is 1.18 bits per heavy atom. The van der Waals surface area contributed by atoms with Crippen LogP contribution in [-0.4, -0.2) is 19.2 Å². The maximum absolute atomic E-state index is 5.98. The van der Waals surface area contributed by atoms with E-state index in [0.717, 1.165) is 18.9 Å². The molecule has 0 aliphatic heterocycles. The number of benzene rings is 1. The molecule has 1 N–H and O–H groups in total. The van der Waals surface area contributed by atoms with Crippen LogP contribution in [0.25, 0.3) is 0 Å². The summed E-state index contributed by atoms with van der Waals surface area (Å²) in [6, 6.07) is 6.68. The lowest BCUT2D eigenvalue weighted by molar-refractivity contribution is 0.230. The van der Waals surface area contributed by atoms with Gasteiger partial charge in [-0.3, -0.25) is 0 Å². The van der Waals surface area contributed by atoms with Crippen LogP contribution in [0.1, 0.15) is 31.9 Å². The molecule has 1 atom stereocenters. The van der Waals surface area contributed by atoms with Crippen molar-refractivity contribution in [3.63, 3.8) is 0 Å². The van der Waals surface area contributed by atoms with E-state index in [4.69, 9.17) is 4.74 Å². The highest BCUT2D eigenvalue weighted by molar-refractivity contribution is 5.39. The fraction of sp³-hybridized carbons (Fsp3) is 0.600. The van der Waals surface area contributed by atoms with Crippen molar-refractivity contribution in [3.05, 3.63) is 29.3 Å². The van der Waals surface area contributed by atoms with Gasteiger partial charge in [0.25, 0.3) is 0 Å². The largest absolute Gasteiger partial charge is 0.491 e. The third-order valence-electron chi connectivity index (χ3n) is 3.09. The molecule has 1 aromatic rings. The first-order valence-corrected chi connectivity index (χ1v) is 6.48. The first-order valence-electron chi connectivity index (χ1n) is 6.48. The van der Waals surface area contributed by atoms with Gasteiger partial charge in [-0.2, -0.15) is 0 Å². The molecule has 0 aromatic heterocycles. The van der Waals surface area contributed by atoms with Gasteiger partial charge in [-0.15, -0.1) is 0 Å². The van der Waals surface area contributed by atoms with Gasteiger partial charge in [-0.1, -0.05) is 39.0 Å². The molecule has 0 aliphatic carbocycles. The van der Waals surface area contributed by atoms with Crippen LogP contribution in [0, 0.1) is 19.8 Å². The summed E-state index contributed by atoms with van der Waals surface area (Å²) in [5.41, 5.74) is 2.42. The van der Waals surface area contributed by atoms with Gasteiger partial charge >= 0.3 is 0 Å². The molecule has 1 unspecified atom stereocenters. The quantitative estimate of drug-likeness (QED) is 0.816. The number of aryl methyl sites for hydroxylation is 2. The maximum atomic E-state index is 5.98. The molecule has 0 radical (unpaired) electrons. The molecular formula is C15H25NO. The van der Waals surface area contributed by atoms with Crippen LogP contribution in [0.4, 0.5) is 0 Å². The van der Waals surface area contributed by atoms with Crippen LogP contribution in [-0.2, 0) is 0 Å². The number of ether oxygens (including phenoxy) is 1. The van der Waals surface area contributed by atoms with Crippen LogP contribution in [0.5, 0.6) is 5.75 Å². The van der Waals surface area contributed by atoms with E-state index in [1.807, 2.05) is 0 Å². The van der Waals surface area contributed by atoms with Gasteiger partial charge in [0, 0.05) is 6.04 Å². The van der Waals surface area contributed by atoms with Crippen molar-refractivity contribution < 1.29 is 4.74 Å². The molecule has 1 rings (SSSR count). The van der Waals surface area contributed by atoms with Crippen molar-refractivity contribution in [2.24, 2.45) is 5.92 Å². The molecule has 2 nitrogen and oxygen atoms in total. The molecule has 96 valence electrons. The number of hydrogen-bond acceptors (Lipinski definition) is 2. The Hall–Kier alpha value is -1.02. The molecule has 0 saturated heterocycles. The lowest BCUT2D eigenvalue weighted by Crippen LogP contribution is -2.38. The molecule has 0 fully saturated rings. The summed E-state index contributed by atoms with van der Waals surface area (Å²) in [4.78, 5) is 0. The summed E-state index contributed by atoms with van der Waals surface area (Å²) in [6.45, 7) is 12.5. The normalized spacial score (nSPS) is 12.8. The molecule has 0 amide bonds. The van der Waals surface area contributed by atoms with E-state index < -0.39 is 0 Å². The number of rotatable bonds is 6. The predicted octanol–water partition coefficient (Wildman–Crippen LogP) is 3.32. The van der Waals surface area contributed by atoms with Gasteiger partial charge in [0.05, 0.1) is 0 Å². The summed E-state index contributed by atoms with van der Waals surface area (Å²) < 4.78 is 5.98. The minimum atomic E-state index is 0.416. The summed E-state index contributed by atoms with van der Waals surface area (Å²) in [5.74, 6) is 1.62. The van der Waals surface area contributed by atoms with Crippen molar-refractivity contribution in [1.82, 2.24) is 5.32 Å². The predicted molar refractivity (Wildman–Crippen MR) is 73.7 cm³/mol. The second-order valence-electron chi connectivity index (χ2n) is 4.94. The molecule has 1 aromatic carbocycles. The van der Waals surface area contributed by atoms with E-state index >= 15 is 0 Å². The zero-order chi connectivity index (χ0) is 12.8. The fourth-order valence-electron chi connectivity index (χ4n) is 1.95. The van der Waals surface area contributed by atoms with Crippen molar-refractivity contribution in [2.75, 3.05) is 13.2 Å². The number of para-hydroxylation sites is 1. The van der Waals surface area contributed by atoms with E-state index in [2.05, 4.69) is 58.1 Å². The highest BCUT2D eigenvalue weighted by Crippen LogP contribution is 2.22. The maximum Gasteiger partial charge on any atom is 0.125 e. The van der Waals surface area contributed by atoms with Gasteiger partial charge < -0.3 is 10.1 Å². The Labute approximate surface area is 105 Å². The second-order valence-corrected chi connectivity index (χ2v) is 4.94. The fourth-order valence-corrected chi connectivity index (χ4v) is 1.95. The van der Waals surface area contributed by atoms with Crippen LogP contribution in [0.2, 0.25) is 0 Å². The summed E-state index contributed by atoms with van der Waals surface area (Å²) in [7, 11) is 0. The van der Waals surface area contributed by atoms with Crippen LogP contribution in [0.15, 0.2) is 18.2 Å². The molecule has 17 heavy (non-hydrogen) atoms. The molecule has 0 heterocycles. The molecule has 0 aliphatic rings. The minimum absolute atomic E-state index is 0.416. The minimum Gasteiger partial charge on any atom is -0.491 e. The lowest BCUT2D eigenvalue weighted by Gasteiger charge is -2.23. The van der Waals surface area contributed by atoms with Crippen LogP contribution >= 0.6 is 0 Å². The van der Waals surface area contributed by atoms with Crippen molar-refractivity contribution in [3.8, 4) is 5.75 Å². The second kappa shape index (κ2) is 6.65. The Morgan fingerprint density at radius 3 is 2.24 bits per heavy atom. The SMILES string of the molecule is CCNC(COc1c(C)cccc1C)C(C)C. The topological polar surface area (TPSA) is 21.3 Å². The monoisotopic (exact) mass is 235 g/mol. The van der Waals surface area contributed by atoms with E-state index in [0.29, 0.717) is 12.0 Å². The standard InChI is InChI=1S/C15H25NO/c1-6-16-14(11(2)3)10-17-15-12(4)8-7-9-13(15)5/h7-9,11,14,16H,6,10H2,1-5H3. The van der Waals surface area contributed by atoms with E-state index in [9.17, 15) is 0 Å². The Balaban J connectivity index is 2.65. The third-order valence-corrected chi connectivity index (χ3v) is 3.09. The van der Waals surface area contributed by atoms with Crippen LogP contribution in [0.3, 0.4) is 0 Å². The van der Waals surface area contributed by atoms with E-state index in [1.54, 1.807) is 0 Å². The smallest absolute Gasteiger partial charge is 0.125 e. The Morgan fingerprint density at radius 2 is 1.76 bits per heavy atom. The average Bonchev–Trinajstić information content (AvgIpc) is 2.26. The van der Waals surface area contributed by atoms with E-state index in [1.165, 1.54) is 11.1 Å². The molecular weight excluding hydrogens is 210 g/mol. The van der Waals surface area contributed by atoms with Gasteiger partial charge in [0.15, 0.2) is 0 Å². The first-order chi connectivity index (χ1) is 8.06.